The Bertz CT molecular complexity index is 656. The average Bonchev–Trinajstić information content (AvgIpc) is 2.74. The fourth-order valence-corrected chi connectivity index (χ4v) is 2.04. The molecule has 0 saturated carbocycles. The number of amides is 1. The quantitative estimate of drug-likeness (QED) is 0.834. The molecule has 2 rings (SSSR count). The van der Waals surface area contributed by atoms with Crippen LogP contribution in [-0.4, -0.2) is 15.7 Å². The van der Waals surface area contributed by atoms with Crippen LogP contribution in [0.4, 0.5) is 15.8 Å². The van der Waals surface area contributed by atoms with Gasteiger partial charge in [0.1, 0.15) is 5.82 Å². The summed E-state index contributed by atoms with van der Waals surface area (Å²) in [4.78, 5) is 11.8. The highest BCUT2D eigenvalue weighted by Crippen LogP contribution is 2.19. The molecule has 2 aromatic rings. The number of carbonyl (C=O) groups is 1. The number of anilines is 2. The van der Waals surface area contributed by atoms with Gasteiger partial charge >= 0.3 is 0 Å². The molecule has 0 radical (unpaired) electrons. The van der Waals surface area contributed by atoms with Crippen LogP contribution in [0.3, 0.4) is 0 Å². The number of rotatable bonds is 5. The topological polar surface area (TPSA) is 72.9 Å². The van der Waals surface area contributed by atoms with Gasteiger partial charge in [0.25, 0.3) is 0 Å². The summed E-state index contributed by atoms with van der Waals surface area (Å²) < 4.78 is 14.7. The van der Waals surface area contributed by atoms with Crippen LogP contribution >= 0.6 is 11.6 Å². The highest BCUT2D eigenvalue weighted by Gasteiger charge is 2.08. The molecule has 7 heteroatoms. The maximum atomic E-state index is 12.9. The summed E-state index contributed by atoms with van der Waals surface area (Å²) >= 11 is 5.90. The van der Waals surface area contributed by atoms with Crippen LogP contribution in [-0.2, 0) is 11.3 Å². The van der Waals surface area contributed by atoms with Crippen LogP contribution < -0.4 is 11.1 Å². The molecule has 0 spiro atoms. The highest BCUT2D eigenvalue weighted by atomic mass is 35.5. The second-order valence-corrected chi connectivity index (χ2v) is 5.09. The molecule has 0 fully saturated rings. The lowest BCUT2D eigenvalue weighted by Crippen LogP contribution is -2.14. The van der Waals surface area contributed by atoms with Gasteiger partial charge in [-0.3, -0.25) is 9.48 Å². The fraction of sp³-hybridized carbons (Fsp3) is 0.286. The monoisotopic (exact) mass is 310 g/mol. The Labute approximate surface area is 126 Å². The fourth-order valence-electron chi connectivity index (χ4n) is 1.90. The van der Waals surface area contributed by atoms with E-state index in [1.807, 2.05) is 6.92 Å². The number of nitrogens with one attached hydrogen (secondary N) is 1. The average molecular weight is 311 g/mol. The van der Waals surface area contributed by atoms with Gasteiger partial charge in [-0.25, -0.2) is 4.39 Å². The van der Waals surface area contributed by atoms with Crippen LogP contribution in [0.5, 0.6) is 0 Å². The van der Waals surface area contributed by atoms with Crippen molar-refractivity contribution >= 4 is 28.9 Å². The Balaban J connectivity index is 1.84. The van der Waals surface area contributed by atoms with Gasteiger partial charge in [-0.15, -0.1) is 0 Å². The van der Waals surface area contributed by atoms with Crippen LogP contribution in [0.15, 0.2) is 24.4 Å². The summed E-state index contributed by atoms with van der Waals surface area (Å²) in [6.07, 6.45) is 2.51. The Hall–Kier alpha value is -2.08. The molecule has 3 N–H and O–H groups in total. The predicted molar refractivity (Wildman–Crippen MR) is 80.7 cm³/mol. The van der Waals surface area contributed by atoms with Gasteiger partial charge in [0, 0.05) is 13.0 Å². The van der Waals surface area contributed by atoms with Gasteiger partial charge < -0.3 is 11.1 Å². The summed E-state index contributed by atoms with van der Waals surface area (Å²) in [5, 5.41) is 7.38. The van der Waals surface area contributed by atoms with Gasteiger partial charge in [0.2, 0.25) is 5.91 Å². The summed E-state index contributed by atoms with van der Waals surface area (Å²) in [5.74, 6) is -0.610. The van der Waals surface area contributed by atoms with E-state index in [9.17, 15) is 9.18 Å². The molecular weight excluding hydrogens is 295 g/mol. The zero-order valence-corrected chi connectivity index (χ0v) is 12.3. The third-order valence-corrected chi connectivity index (χ3v) is 3.48. The number of halogens is 2. The van der Waals surface area contributed by atoms with E-state index in [1.54, 1.807) is 10.9 Å². The SMILES string of the molecule is Cc1c(Cl)cnn1CCCC(=O)Nc1ccc(F)cc1N. The molecule has 21 heavy (non-hydrogen) atoms. The first-order valence-corrected chi connectivity index (χ1v) is 6.88. The molecular formula is C14H16ClFN4O. The lowest BCUT2D eigenvalue weighted by Gasteiger charge is -2.08. The Morgan fingerprint density at radius 2 is 2.29 bits per heavy atom. The van der Waals surface area contributed by atoms with Crippen molar-refractivity contribution in [3.8, 4) is 0 Å². The first kappa shape index (κ1) is 15.3. The smallest absolute Gasteiger partial charge is 0.224 e. The molecule has 0 unspecified atom stereocenters. The van der Waals surface area contributed by atoms with Crippen molar-refractivity contribution in [1.29, 1.82) is 0 Å². The predicted octanol–water partition coefficient (Wildman–Crippen LogP) is 2.99. The number of benzene rings is 1. The van der Waals surface area contributed by atoms with Crippen molar-refractivity contribution in [2.45, 2.75) is 26.3 Å². The van der Waals surface area contributed by atoms with E-state index in [2.05, 4.69) is 10.4 Å². The molecule has 1 aromatic carbocycles. The summed E-state index contributed by atoms with van der Waals surface area (Å²) in [6, 6.07) is 3.87. The number of nitrogens with two attached hydrogens (primary N) is 1. The maximum Gasteiger partial charge on any atom is 0.224 e. The van der Waals surface area contributed by atoms with E-state index >= 15 is 0 Å². The van der Waals surface area contributed by atoms with Gasteiger partial charge in [-0.1, -0.05) is 11.6 Å². The number of aromatic nitrogens is 2. The summed E-state index contributed by atoms with van der Waals surface area (Å²) in [6.45, 7) is 2.47. The van der Waals surface area contributed by atoms with Crippen molar-refractivity contribution in [2.75, 3.05) is 11.1 Å². The lowest BCUT2D eigenvalue weighted by atomic mass is 10.2. The van der Waals surface area contributed by atoms with E-state index in [0.717, 1.165) is 5.69 Å². The Morgan fingerprint density at radius 3 is 2.90 bits per heavy atom. The molecule has 0 saturated heterocycles. The molecule has 1 amide bonds. The standard InChI is InChI=1S/C14H16ClFN4O/c1-9-11(15)8-18-20(9)6-2-3-14(21)19-13-5-4-10(16)7-12(13)17/h4-5,7-8H,2-3,6,17H2,1H3,(H,19,21). The minimum absolute atomic E-state index is 0.177. The van der Waals surface area contributed by atoms with Gasteiger partial charge in [0.05, 0.1) is 28.3 Å². The van der Waals surface area contributed by atoms with Gasteiger partial charge in [-0.05, 0) is 31.5 Å². The zero-order chi connectivity index (χ0) is 15.4. The number of aryl methyl sites for hydroxylation is 1. The second kappa shape index (κ2) is 6.58. The first-order chi connectivity index (χ1) is 9.97. The molecule has 0 aliphatic rings. The number of nitrogen functional groups attached to an aromatic ring is 1. The van der Waals surface area contributed by atoms with Gasteiger partial charge in [0.15, 0.2) is 0 Å². The van der Waals surface area contributed by atoms with Gasteiger partial charge in [-0.2, -0.15) is 5.10 Å². The van der Waals surface area contributed by atoms with E-state index < -0.39 is 5.82 Å². The van der Waals surface area contributed by atoms with Crippen LogP contribution in [0, 0.1) is 12.7 Å². The van der Waals surface area contributed by atoms with E-state index in [1.165, 1.54) is 18.2 Å². The third kappa shape index (κ3) is 3.95. The van der Waals surface area contributed by atoms with Crippen molar-refractivity contribution in [3.05, 3.63) is 40.9 Å². The van der Waals surface area contributed by atoms with Crippen LogP contribution in [0.25, 0.3) is 0 Å². The number of nitrogens with zero attached hydrogens (tertiary/aromatic N) is 2. The van der Waals surface area contributed by atoms with Crippen molar-refractivity contribution in [1.82, 2.24) is 9.78 Å². The summed E-state index contributed by atoms with van der Waals surface area (Å²) in [5.41, 5.74) is 7.13. The first-order valence-electron chi connectivity index (χ1n) is 6.50. The molecule has 5 nitrogen and oxygen atoms in total. The second-order valence-electron chi connectivity index (χ2n) is 4.68. The lowest BCUT2D eigenvalue weighted by molar-refractivity contribution is -0.116. The molecule has 1 heterocycles. The number of carbonyl (C=O) groups excluding carboxylic acids is 1. The largest absolute Gasteiger partial charge is 0.397 e. The van der Waals surface area contributed by atoms with Crippen LogP contribution in [0.1, 0.15) is 18.5 Å². The Kier molecular flexibility index (Phi) is 4.80. The van der Waals surface area contributed by atoms with E-state index in [-0.39, 0.29) is 11.6 Å². The molecule has 112 valence electrons. The van der Waals surface area contributed by atoms with Crippen molar-refractivity contribution < 1.29 is 9.18 Å². The number of hydrogen-bond acceptors (Lipinski definition) is 3. The minimum Gasteiger partial charge on any atom is -0.397 e. The molecule has 0 aliphatic heterocycles. The maximum absolute atomic E-state index is 12.9. The molecule has 0 bridgehead atoms. The summed E-state index contributed by atoms with van der Waals surface area (Å²) in [7, 11) is 0. The normalized spacial score (nSPS) is 10.6. The molecule has 0 atom stereocenters. The zero-order valence-electron chi connectivity index (χ0n) is 11.6. The Morgan fingerprint density at radius 1 is 1.52 bits per heavy atom. The van der Waals surface area contributed by atoms with Crippen LogP contribution in [0.2, 0.25) is 5.02 Å². The third-order valence-electron chi connectivity index (χ3n) is 3.10. The van der Waals surface area contributed by atoms with E-state index in [0.29, 0.717) is 30.1 Å². The van der Waals surface area contributed by atoms with E-state index in [4.69, 9.17) is 17.3 Å². The molecule has 0 aliphatic carbocycles. The minimum atomic E-state index is -0.434. The van der Waals surface area contributed by atoms with Crippen molar-refractivity contribution in [3.63, 3.8) is 0 Å². The van der Waals surface area contributed by atoms with Crippen molar-refractivity contribution in [2.24, 2.45) is 0 Å². The number of hydrogen-bond donors (Lipinski definition) is 2. The highest BCUT2D eigenvalue weighted by molar-refractivity contribution is 6.31. The molecule has 1 aromatic heterocycles.